The first kappa shape index (κ1) is 15.0. The highest BCUT2D eigenvalue weighted by molar-refractivity contribution is 5.55. The first-order valence-corrected chi connectivity index (χ1v) is 6.83. The van der Waals surface area contributed by atoms with Gasteiger partial charge in [-0.15, -0.1) is 0 Å². The Kier molecular flexibility index (Phi) is 5.15. The van der Waals surface area contributed by atoms with Crippen molar-refractivity contribution in [1.29, 1.82) is 0 Å². The third-order valence-corrected chi connectivity index (χ3v) is 3.20. The van der Waals surface area contributed by atoms with Gasteiger partial charge in [0.1, 0.15) is 0 Å². The monoisotopic (exact) mass is 245 g/mol. The second kappa shape index (κ2) is 6.19. The van der Waals surface area contributed by atoms with Crippen molar-refractivity contribution in [3.05, 3.63) is 40.5 Å². The average Bonchev–Trinajstić information content (AvgIpc) is 2.28. The molecule has 1 N–H and O–H groups in total. The Morgan fingerprint density at radius 1 is 1.17 bits per heavy atom. The molecule has 1 aromatic rings. The van der Waals surface area contributed by atoms with Crippen LogP contribution in [0.5, 0.6) is 0 Å². The molecule has 0 aliphatic heterocycles. The van der Waals surface area contributed by atoms with Crippen LogP contribution in [0.4, 0.5) is 0 Å². The van der Waals surface area contributed by atoms with Crippen LogP contribution >= 0.6 is 0 Å². The maximum Gasteiger partial charge on any atom is 0.0172 e. The lowest BCUT2D eigenvalue weighted by Gasteiger charge is -2.21. The Balaban J connectivity index is 2.80. The zero-order valence-electron chi connectivity index (χ0n) is 12.7. The Bertz CT molecular complexity index is 422. The number of aryl methyl sites for hydroxylation is 2. The fraction of sp³-hybridized carbons (Fsp3) is 0.529. The lowest BCUT2D eigenvalue weighted by atomic mass is 10.0. The van der Waals surface area contributed by atoms with Gasteiger partial charge in [0, 0.05) is 12.1 Å². The van der Waals surface area contributed by atoms with Gasteiger partial charge in [-0.25, -0.2) is 0 Å². The van der Waals surface area contributed by atoms with Gasteiger partial charge in [-0.2, -0.15) is 0 Å². The maximum absolute atomic E-state index is 3.55. The van der Waals surface area contributed by atoms with Crippen LogP contribution in [0.25, 0.3) is 6.08 Å². The van der Waals surface area contributed by atoms with Gasteiger partial charge in [-0.1, -0.05) is 36.8 Å². The first-order valence-electron chi connectivity index (χ1n) is 6.83. The third-order valence-electron chi connectivity index (χ3n) is 3.20. The number of hydrogen-bond acceptors (Lipinski definition) is 1. The summed E-state index contributed by atoms with van der Waals surface area (Å²) >= 11 is 0. The number of hydrogen-bond donors (Lipinski definition) is 1. The summed E-state index contributed by atoms with van der Waals surface area (Å²) in [7, 11) is 0. The molecule has 0 unspecified atom stereocenters. The highest BCUT2D eigenvalue weighted by atomic mass is 14.9. The molecule has 18 heavy (non-hydrogen) atoms. The lowest BCUT2D eigenvalue weighted by Crippen LogP contribution is -2.36. The molecular weight excluding hydrogens is 218 g/mol. The van der Waals surface area contributed by atoms with Crippen LogP contribution in [0.15, 0.2) is 23.8 Å². The number of rotatable bonds is 4. The summed E-state index contributed by atoms with van der Waals surface area (Å²) in [4.78, 5) is 0. The van der Waals surface area contributed by atoms with Crippen LogP contribution in [0.2, 0.25) is 0 Å². The van der Waals surface area contributed by atoms with Crippen molar-refractivity contribution in [3.8, 4) is 0 Å². The molecule has 100 valence electrons. The van der Waals surface area contributed by atoms with Crippen molar-refractivity contribution in [1.82, 2.24) is 5.32 Å². The normalized spacial score (nSPS) is 12.9. The minimum Gasteiger partial charge on any atom is -0.308 e. The molecule has 0 aliphatic carbocycles. The molecule has 0 amide bonds. The van der Waals surface area contributed by atoms with E-state index in [2.05, 4.69) is 71.1 Å². The highest BCUT2D eigenvalue weighted by Gasteiger charge is 2.08. The van der Waals surface area contributed by atoms with E-state index in [1.165, 1.54) is 22.3 Å². The van der Waals surface area contributed by atoms with Gasteiger partial charge in [-0.3, -0.25) is 0 Å². The van der Waals surface area contributed by atoms with Gasteiger partial charge in [0.05, 0.1) is 0 Å². The van der Waals surface area contributed by atoms with E-state index < -0.39 is 0 Å². The molecule has 0 radical (unpaired) electrons. The van der Waals surface area contributed by atoms with Crippen LogP contribution in [-0.4, -0.2) is 12.1 Å². The zero-order valence-corrected chi connectivity index (χ0v) is 12.7. The molecule has 0 spiro atoms. The van der Waals surface area contributed by atoms with Crippen molar-refractivity contribution >= 4 is 6.08 Å². The minimum atomic E-state index is 0.178. The van der Waals surface area contributed by atoms with Gasteiger partial charge in [0.2, 0.25) is 0 Å². The molecule has 0 fully saturated rings. The van der Waals surface area contributed by atoms with Gasteiger partial charge in [0.25, 0.3) is 0 Å². The molecule has 0 bridgehead atoms. The molecule has 0 atom stereocenters. The van der Waals surface area contributed by atoms with Crippen molar-refractivity contribution < 1.29 is 0 Å². The van der Waals surface area contributed by atoms with Gasteiger partial charge in [-0.05, 0) is 57.7 Å². The number of benzene rings is 1. The molecule has 0 aliphatic rings. The van der Waals surface area contributed by atoms with Crippen molar-refractivity contribution in [2.75, 3.05) is 6.54 Å². The average molecular weight is 245 g/mol. The lowest BCUT2D eigenvalue weighted by molar-refractivity contribution is 0.443. The van der Waals surface area contributed by atoms with Crippen LogP contribution in [0.1, 0.15) is 50.8 Å². The summed E-state index contributed by atoms with van der Waals surface area (Å²) in [5.41, 5.74) is 5.66. The topological polar surface area (TPSA) is 12.0 Å². The van der Waals surface area contributed by atoms with E-state index in [0.717, 1.165) is 13.0 Å². The summed E-state index contributed by atoms with van der Waals surface area (Å²) in [6.07, 6.45) is 3.40. The third kappa shape index (κ3) is 5.05. The number of nitrogens with one attached hydrogen (secondary N) is 1. The predicted molar refractivity (Wildman–Crippen MR) is 81.9 cm³/mol. The van der Waals surface area contributed by atoms with Gasteiger partial charge >= 0.3 is 0 Å². The van der Waals surface area contributed by atoms with E-state index in [1.54, 1.807) is 0 Å². The summed E-state index contributed by atoms with van der Waals surface area (Å²) in [6.45, 7) is 14.1. The molecule has 0 saturated carbocycles. The van der Waals surface area contributed by atoms with Crippen molar-refractivity contribution in [2.24, 2.45) is 0 Å². The summed E-state index contributed by atoms with van der Waals surface area (Å²) in [6, 6.07) is 6.67. The molecule has 1 aromatic carbocycles. The van der Waals surface area contributed by atoms with E-state index >= 15 is 0 Å². The fourth-order valence-corrected chi connectivity index (χ4v) is 1.75. The van der Waals surface area contributed by atoms with Crippen molar-refractivity contribution in [2.45, 2.75) is 53.5 Å². The second-order valence-electron chi connectivity index (χ2n) is 6.10. The molecule has 0 saturated heterocycles. The fourth-order valence-electron chi connectivity index (χ4n) is 1.75. The quantitative estimate of drug-likeness (QED) is 0.824. The summed E-state index contributed by atoms with van der Waals surface area (Å²) < 4.78 is 0. The van der Waals surface area contributed by atoms with E-state index in [0.29, 0.717) is 0 Å². The van der Waals surface area contributed by atoms with Gasteiger partial charge in [0.15, 0.2) is 0 Å². The maximum atomic E-state index is 3.55. The smallest absolute Gasteiger partial charge is 0.0172 e. The largest absolute Gasteiger partial charge is 0.308 e. The van der Waals surface area contributed by atoms with Crippen LogP contribution < -0.4 is 5.32 Å². The first-order chi connectivity index (χ1) is 8.31. The van der Waals surface area contributed by atoms with Crippen LogP contribution in [0.3, 0.4) is 0 Å². The van der Waals surface area contributed by atoms with Gasteiger partial charge < -0.3 is 5.32 Å². The molecule has 1 rings (SSSR count). The minimum absolute atomic E-state index is 0.178. The molecule has 1 nitrogen and oxygen atoms in total. The van der Waals surface area contributed by atoms with E-state index in [9.17, 15) is 0 Å². The molecule has 1 heteroatoms. The standard InChI is InChI=1S/C17H27N/c1-7-15(12-18-17(4,5)6)11-16-9-8-13(2)14(3)10-16/h8-11,18H,7,12H2,1-6H3. The van der Waals surface area contributed by atoms with Crippen LogP contribution in [-0.2, 0) is 0 Å². The Labute approximate surface area is 112 Å². The summed E-state index contributed by atoms with van der Waals surface area (Å²) in [5, 5.41) is 3.55. The Hall–Kier alpha value is -1.08. The molecule has 0 heterocycles. The second-order valence-corrected chi connectivity index (χ2v) is 6.10. The Morgan fingerprint density at radius 3 is 2.33 bits per heavy atom. The van der Waals surface area contributed by atoms with Crippen molar-refractivity contribution in [3.63, 3.8) is 0 Å². The molecule has 0 aromatic heterocycles. The van der Waals surface area contributed by atoms with E-state index in [-0.39, 0.29) is 5.54 Å². The highest BCUT2D eigenvalue weighted by Crippen LogP contribution is 2.14. The predicted octanol–water partition coefficient (Wildman–Crippen LogP) is 4.48. The van der Waals surface area contributed by atoms with E-state index in [1.807, 2.05) is 0 Å². The molecular formula is C17H27N. The zero-order chi connectivity index (χ0) is 13.8. The SMILES string of the molecule is CCC(=Cc1ccc(C)c(C)c1)CNC(C)(C)C. The van der Waals surface area contributed by atoms with E-state index in [4.69, 9.17) is 0 Å². The Morgan fingerprint density at radius 2 is 1.83 bits per heavy atom. The van der Waals surface area contributed by atoms with Crippen LogP contribution in [0, 0.1) is 13.8 Å². The summed E-state index contributed by atoms with van der Waals surface area (Å²) in [5.74, 6) is 0.